The lowest BCUT2D eigenvalue weighted by atomic mass is 10.1. The van der Waals surface area contributed by atoms with Gasteiger partial charge in [0.1, 0.15) is 5.69 Å². The number of H-pyrrole nitrogens is 1. The van der Waals surface area contributed by atoms with Crippen LogP contribution in [0.4, 0.5) is 0 Å². The van der Waals surface area contributed by atoms with Crippen molar-refractivity contribution in [1.82, 2.24) is 19.9 Å². The Morgan fingerprint density at radius 3 is 2.74 bits per heavy atom. The second-order valence-electron chi connectivity index (χ2n) is 5.26. The lowest BCUT2D eigenvalue weighted by Crippen LogP contribution is -1.95. The molecule has 0 radical (unpaired) electrons. The van der Waals surface area contributed by atoms with Crippen molar-refractivity contribution in [3.63, 3.8) is 0 Å². The van der Waals surface area contributed by atoms with Crippen molar-refractivity contribution < 1.29 is 8.76 Å². The fourth-order valence-corrected chi connectivity index (χ4v) is 2.70. The first-order valence-corrected chi connectivity index (χ1v) is 8.27. The summed E-state index contributed by atoms with van der Waals surface area (Å²) < 4.78 is 21.7. The van der Waals surface area contributed by atoms with Crippen molar-refractivity contribution >= 4 is 11.1 Å². The van der Waals surface area contributed by atoms with E-state index >= 15 is 0 Å². The molecule has 3 aromatic heterocycles. The van der Waals surface area contributed by atoms with Gasteiger partial charge in [-0.1, -0.05) is 11.1 Å². The molecule has 0 amide bonds. The topological polar surface area (TPSA) is 94.6 Å². The molecule has 23 heavy (non-hydrogen) atoms. The van der Waals surface area contributed by atoms with Crippen LogP contribution in [0.25, 0.3) is 22.6 Å². The highest BCUT2D eigenvalue weighted by atomic mass is 32.2. The number of aryl methyl sites for hydroxylation is 2. The van der Waals surface area contributed by atoms with Crippen molar-refractivity contribution in [2.45, 2.75) is 19.6 Å². The number of aromatic amines is 1. The largest absolute Gasteiger partial charge is 0.772 e. The Bertz CT molecular complexity index is 857. The Morgan fingerprint density at radius 1 is 1.22 bits per heavy atom. The Labute approximate surface area is 136 Å². The first-order chi connectivity index (χ1) is 11.0. The highest BCUT2D eigenvalue weighted by molar-refractivity contribution is 7.78. The van der Waals surface area contributed by atoms with Crippen LogP contribution >= 0.6 is 0 Å². The second kappa shape index (κ2) is 6.39. The van der Waals surface area contributed by atoms with Gasteiger partial charge in [0.05, 0.1) is 5.69 Å². The molecular formula is C16H15N4O2S-. The van der Waals surface area contributed by atoms with Crippen LogP contribution in [-0.2, 0) is 16.8 Å². The third-order valence-electron chi connectivity index (χ3n) is 3.54. The molecule has 118 valence electrons. The first kappa shape index (κ1) is 15.5. The molecule has 1 atom stereocenters. The summed E-state index contributed by atoms with van der Waals surface area (Å²) >= 11 is -2.13. The van der Waals surface area contributed by atoms with Crippen LogP contribution in [0.3, 0.4) is 0 Å². The average molecular weight is 327 g/mol. The summed E-state index contributed by atoms with van der Waals surface area (Å²) in [6, 6.07) is 5.59. The maximum Gasteiger partial charge on any atom is 0.156 e. The predicted octanol–water partition coefficient (Wildman–Crippen LogP) is 2.53. The van der Waals surface area contributed by atoms with Crippen molar-refractivity contribution in [2.24, 2.45) is 0 Å². The molecule has 0 saturated carbocycles. The van der Waals surface area contributed by atoms with E-state index in [2.05, 4.69) is 19.9 Å². The van der Waals surface area contributed by atoms with Crippen molar-refractivity contribution in [3.8, 4) is 22.6 Å². The fourth-order valence-electron chi connectivity index (χ4n) is 2.27. The number of aromatic nitrogens is 4. The van der Waals surface area contributed by atoms with Gasteiger partial charge in [-0.25, -0.2) is 4.98 Å². The number of rotatable bonds is 4. The highest BCUT2D eigenvalue weighted by Gasteiger charge is 2.08. The van der Waals surface area contributed by atoms with E-state index in [0.29, 0.717) is 11.4 Å². The molecule has 1 unspecified atom stereocenters. The van der Waals surface area contributed by atoms with Crippen LogP contribution in [0.1, 0.15) is 17.0 Å². The Kier molecular flexibility index (Phi) is 4.31. The van der Waals surface area contributed by atoms with Crippen LogP contribution in [0.15, 0.2) is 36.8 Å². The number of nitrogens with one attached hydrogen (secondary N) is 1. The van der Waals surface area contributed by atoms with Crippen molar-refractivity contribution in [1.29, 1.82) is 0 Å². The van der Waals surface area contributed by atoms with Crippen LogP contribution < -0.4 is 0 Å². The Balaban J connectivity index is 1.98. The maximum absolute atomic E-state index is 10.8. The fraction of sp³-hybridized carbons (Fsp3) is 0.188. The minimum absolute atomic E-state index is 0.0463. The smallest absolute Gasteiger partial charge is 0.156 e. The lowest BCUT2D eigenvalue weighted by molar-refractivity contribution is 0.536. The van der Waals surface area contributed by atoms with E-state index in [-0.39, 0.29) is 5.75 Å². The zero-order valence-electron chi connectivity index (χ0n) is 12.7. The lowest BCUT2D eigenvalue weighted by Gasteiger charge is -2.07. The Hall–Kier alpha value is -2.38. The number of nitrogens with zero attached hydrogens (tertiary/aromatic N) is 3. The van der Waals surface area contributed by atoms with E-state index in [1.165, 1.54) is 0 Å². The monoisotopic (exact) mass is 327 g/mol. The molecule has 3 rings (SSSR count). The SMILES string of the molecule is Cc1nc(-c2cc(-c3cncc(CS(=O)[O-])c3)ccn2)[nH]c1C. The van der Waals surface area contributed by atoms with Gasteiger partial charge in [-0.2, -0.15) is 0 Å². The minimum atomic E-state index is -2.13. The first-order valence-electron chi connectivity index (χ1n) is 7.03. The van der Waals surface area contributed by atoms with E-state index in [1.54, 1.807) is 18.6 Å². The van der Waals surface area contributed by atoms with E-state index in [1.807, 2.05) is 32.0 Å². The highest BCUT2D eigenvalue weighted by Crippen LogP contribution is 2.24. The zero-order chi connectivity index (χ0) is 16.4. The van der Waals surface area contributed by atoms with Gasteiger partial charge in [-0.3, -0.25) is 14.2 Å². The molecule has 0 aliphatic heterocycles. The molecule has 6 nitrogen and oxygen atoms in total. The number of pyridine rings is 2. The average Bonchev–Trinajstić information content (AvgIpc) is 2.87. The van der Waals surface area contributed by atoms with Gasteiger partial charge in [-0.05, 0) is 43.2 Å². The van der Waals surface area contributed by atoms with Gasteiger partial charge < -0.3 is 9.54 Å². The summed E-state index contributed by atoms with van der Waals surface area (Å²) in [7, 11) is 0. The predicted molar refractivity (Wildman–Crippen MR) is 87.1 cm³/mol. The standard InChI is InChI=1S/C16H16N4O2S/c1-10-11(2)20-16(19-10)15-6-13(3-4-18-15)14-5-12(7-17-8-14)9-23(21)22/h3-8H,9H2,1-2H3,(H,19,20)(H,21,22)/p-1. The van der Waals surface area contributed by atoms with Crippen LogP contribution in [0.5, 0.6) is 0 Å². The Morgan fingerprint density at radius 2 is 2.04 bits per heavy atom. The molecule has 0 bridgehead atoms. The second-order valence-corrected chi connectivity index (χ2v) is 6.15. The summed E-state index contributed by atoms with van der Waals surface area (Å²) in [5.74, 6) is 0.668. The molecular weight excluding hydrogens is 312 g/mol. The van der Waals surface area contributed by atoms with Gasteiger partial charge in [0.15, 0.2) is 5.82 Å². The summed E-state index contributed by atoms with van der Waals surface area (Å²) in [6.45, 7) is 3.90. The van der Waals surface area contributed by atoms with E-state index in [4.69, 9.17) is 0 Å². The molecule has 7 heteroatoms. The molecule has 0 saturated heterocycles. The maximum atomic E-state index is 10.8. The van der Waals surface area contributed by atoms with E-state index in [9.17, 15) is 8.76 Å². The number of hydrogen-bond donors (Lipinski definition) is 1. The van der Waals surface area contributed by atoms with Crippen molar-refractivity contribution in [3.05, 3.63) is 53.7 Å². The van der Waals surface area contributed by atoms with Crippen molar-refractivity contribution in [2.75, 3.05) is 0 Å². The summed E-state index contributed by atoms with van der Waals surface area (Å²) in [5, 5.41) is 0. The molecule has 3 heterocycles. The van der Waals surface area contributed by atoms with Gasteiger partial charge in [0.25, 0.3) is 0 Å². The van der Waals surface area contributed by atoms with Crippen LogP contribution in [-0.4, -0.2) is 28.7 Å². The third-order valence-corrected chi connectivity index (χ3v) is 4.11. The van der Waals surface area contributed by atoms with Gasteiger partial charge in [0, 0.05) is 35.6 Å². The summed E-state index contributed by atoms with van der Waals surface area (Å²) in [5.41, 5.74) is 5.09. The molecule has 0 fully saturated rings. The molecule has 3 aromatic rings. The van der Waals surface area contributed by atoms with Crippen LogP contribution in [0, 0.1) is 13.8 Å². The summed E-state index contributed by atoms with van der Waals surface area (Å²) in [6.07, 6.45) is 4.96. The third kappa shape index (κ3) is 3.52. The van der Waals surface area contributed by atoms with Gasteiger partial charge in [0.2, 0.25) is 0 Å². The van der Waals surface area contributed by atoms with E-state index < -0.39 is 11.1 Å². The molecule has 0 aliphatic rings. The van der Waals surface area contributed by atoms with E-state index in [0.717, 1.165) is 28.2 Å². The zero-order valence-corrected chi connectivity index (χ0v) is 13.6. The van der Waals surface area contributed by atoms with Crippen LogP contribution in [0.2, 0.25) is 0 Å². The quantitative estimate of drug-likeness (QED) is 0.743. The van der Waals surface area contributed by atoms with Gasteiger partial charge in [-0.15, -0.1) is 0 Å². The minimum Gasteiger partial charge on any atom is -0.772 e. The van der Waals surface area contributed by atoms with Gasteiger partial charge >= 0.3 is 0 Å². The molecule has 0 spiro atoms. The number of hydrogen-bond acceptors (Lipinski definition) is 5. The summed E-state index contributed by atoms with van der Waals surface area (Å²) in [4.78, 5) is 16.1. The number of imidazole rings is 1. The molecule has 1 N–H and O–H groups in total. The normalized spacial score (nSPS) is 12.3. The molecule has 0 aliphatic carbocycles. The molecule has 0 aromatic carbocycles.